The molecule has 0 radical (unpaired) electrons. The standard InChI is InChI=1S/C7H4BrNS/c8-7-5-2-1-3-9-6(5)4-10-7/h1-4H. The van der Waals surface area contributed by atoms with Gasteiger partial charge in [-0.15, -0.1) is 11.3 Å². The fraction of sp³-hybridized carbons (Fsp3) is 0. The minimum Gasteiger partial charge on any atom is -0.255 e. The molecule has 0 aliphatic heterocycles. The lowest BCUT2D eigenvalue weighted by Gasteiger charge is -1.85. The van der Waals surface area contributed by atoms with E-state index < -0.39 is 0 Å². The third-order valence-corrected chi connectivity index (χ3v) is 3.08. The van der Waals surface area contributed by atoms with Crippen molar-refractivity contribution in [3.8, 4) is 0 Å². The third kappa shape index (κ3) is 0.859. The van der Waals surface area contributed by atoms with Crippen molar-refractivity contribution >= 4 is 38.2 Å². The summed E-state index contributed by atoms with van der Waals surface area (Å²) in [5, 5.41) is 3.24. The first-order chi connectivity index (χ1) is 4.88. The second-order valence-electron chi connectivity index (χ2n) is 1.95. The van der Waals surface area contributed by atoms with Gasteiger partial charge in [0, 0.05) is 17.0 Å². The van der Waals surface area contributed by atoms with Crippen LogP contribution >= 0.6 is 27.3 Å². The summed E-state index contributed by atoms with van der Waals surface area (Å²) in [6, 6.07) is 4.00. The van der Waals surface area contributed by atoms with Gasteiger partial charge < -0.3 is 0 Å². The van der Waals surface area contributed by atoms with Crippen molar-refractivity contribution in [2.45, 2.75) is 0 Å². The highest BCUT2D eigenvalue weighted by Crippen LogP contribution is 2.28. The number of rotatable bonds is 0. The Morgan fingerprint density at radius 3 is 3.20 bits per heavy atom. The Morgan fingerprint density at radius 1 is 1.50 bits per heavy atom. The molecule has 1 nitrogen and oxygen atoms in total. The Labute approximate surface area is 70.8 Å². The van der Waals surface area contributed by atoms with E-state index in [0.29, 0.717) is 0 Å². The zero-order valence-electron chi connectivity index (χ0n) is 5.04. The van der Waals surface area contributed by atoms with Gasteiger partial charge in [-0.2, -0.15) is 0 Å². The van der Waals surface area contributed by atoms with Gasteiger partial charge in [-0.25, -0.2) is 0 Å². The molecule has 0 unspecified atom stereocenters. The van der Waals surface area contributed by atoms with Gasteiger partial charge in [-0.1, -0.05) is 0 Å². The highest BCUT2D eigenvalue weighted by Gasteiger charge is 1.98. The highest BCUT2D eigenvalue weighted by atomic mass is 79.9. The summed E-state index contributed by atoms with van der Waals surface area (Å²) < 4.78 is 1.16. The second kappa shape index (κ2) is 2.32. The van der Waals surface area contributed by atoms with Crippen molar-refractivity contribution in [2.75, 3.05) is 0 Å². The van der Waals surface area contributed by atoms with Crippen molar-refractivity contribution in [3.05, 3.63) is 27.5 Å². The van der Waals surface area contributed by atoms with Gasteiger partial charge in [-0.3, -0.25) is 4.98 Å². The van der Waals surface area contributed by atoms with E-state index in [9.17, 15) is 0 Å². The van der Waals surface area contributed by atoms with E-state index in [1.807, 2.05) is 17.6 Å². The fourth-order valence-corrected chi connectivity index (χ4v) is 2.17. The molecule has 2 aromatic heterocycles. The van der Waals surface area contributed by atoms with Crippen LogP contribution in [0.4, 0.5) is 0 Å². The Hall–Kier alpha value is -0.410. The molecule has 0 aliphatic rings. The summed E-state index contributed by atoms with van der Waals surface area (Å²) in [7, 11) is 0. The molecule has 0 saturated heterocycles. The molecule has 0 amide bonds. The summed E-state index contributed by atoms with van der Waals surface area (Å²) in [6.45, 7) is 0. The first-order valence-electron chi connectivity index (χ1n) is 2.85. The van der Waals surface area contributed by atoms with Crippen molar-refractivity contribution < 1.29 is 0 Å². The molecule has 0 aliphatic carbocycles. The molecular weight excluding hydrogens is 210 g/mol. The summed E-state index contributed by atoms with van der Waals surface area (Å²) in [5.41, 5.74) is 1.07. The number of thiophene rings is 1. The molecule has 0 spiro atoms. The van der Waals surface area contributed by atoms with Crippen molar-refractivity contribution in [3.63, 3.8) is 0 Å². The Kier molecular flexibility index (Phi) is 1.47. The van der Waals surface area contributed by atoms with Crippen molar-refractivity contribution in [1.82, 2.24) is 4.98 Å². The number of hydrogen-bond acceptors (Lipinski definition) is 2. The molecule has 2 aromatic rings. The van der Waals surface area contributed by atoms with Crippen molar-refractivity contribution in [2.24, 2.45) is 0 Å². The molecule has 2 heterocycles. The van der Waals surface area contributed by atoms with E-state index in [0.717, 1.165) is 9.30 Å². The molecule has 0 aromatic carbocycles. The highest BCUT2D eigenvalue weighted by molar-refractivity contribution is 9.11. The van der Waals surface area contributed by atoms with E-state index in [1.165, 1.54) is 5.39 Å². The van der Waals surface area contributed by atoms with Crippen LogP contribution < -0.4 is 0 Å². The van der Waals surface area contributed by atoms with Gasteiger partial charge in [-0.05, 0) is 28.1 Å². The number of halogens is 1. The number of nitrogens with zero attached hydrogens (tertiary/aromatic N) is 1. The molecule has 3 heteroatoms. The minimum atomic E-state index is 1.07. The predicted molar refractivity (Wildman–Crippen MR) is 47.3 cm³/mol. The Balaban J connectivity index is 2.93. The topological polar surface area (TPSA) is 12.9 Å². The van der Waals surface area contributed by atoms with Gasteiger partial charge in [0.25, 0.3) is 0 Å². The predicted octanol–water partition coefficient (Wildman–Crippen LogP) is 3.06. The number of hydrogen-bond donors (Lipinski definition) is 0. The summed E-state index contributed by atoms with van der Waals surface area (Å²) in [6.07, 6.45) is 1.81. The molecule has 50 valence electrons. The van der Waals surface area contributed by atoms with Crippen LogP contribution in [-0.2, 0) is 0 Å². The second-order valence-corrected chi connectivity index (χ2v) is 4.14. The minimum absolute atomic E-state index is 1.07. The normalized spacial score (nSPS) is 10.5. The first-order valence-corrected chi connectivity index (χ1v) is 4.53. The zero-order chi connectivity index (χ0) is 6.97. The maximum Gasteiger partial charge on any atom is 0.0820 e. The molecule has 2 rings (SSSR count). The average Bonchev–Trinajstić information content (AvgIpc) is 2.34. The monoisotopic (exact) mass is 213 g/mol. The molecule has 0 bridgehead atoms. The molecule has 10 heavy (non-hydrogen) atoms. The van der Waals surface area contributed by atoms with E-state index in [1.54, 1.807) is 11.3 Å². The Bertz CT molecular complexity index is 355. The van der Waals surface area contributed by atoms with Crippen LogP contribution in [0.2, 0.25) is 0 Å². The Morgan fingerprint density at radius 2 is 2.40 bits per heavy atom. The van der Waals surface area contributed by atoms with Gasteiger partial charge >= 0.3 is 0 Å². The zero-order valence-corrected chi connectivity index (χ0v) is 7.45. The van der Waals surface area contributed by atoms with Crippen LogP contribution in [0.5, 0.6) is 0 Å². The molecule has 0 atom stereocenters. The van der Waals surface area contributed by atoms with E-state index in [2.05, 4.69) is 27.0 Å². The van der Waals surface area contributed by atoms with Gasteiger partial charge in [0.05, 0.1) is 9.30 Å². The smallest absolute Gasteiger partial charge is 0.0820 e. The van der Waals surface area contributed by atoms with Gasteiger partial charge in [0.15, 0.2) is 0 Å². The molecule has 0 fully saturated rings. The average molecular weight is 214 g/mol. The van der Waals surface area contributed by atoms with E-state index >= 15 is 0 Å². The number of aromatic nitrogens is 1. The van der Waals surface area contributed by atoms with Gasteiger partial charge in [0.2, 0.25) is 0 Å². The fourth-order valence-electron chi connectivity index (χ4n) is 0.849. The molecule has 0 N–H and O–H groups in total. The lowest BCUT2D eigenvalue weighted by Crippen LogP contribution is -1.68. The summed E-state index contributed by atoms with van der Waals surface area (Å²) >= 11 is 5.12. The van der Waals surface area contributed by atoms with E-state index in [-0.39, 0.29) is 0 Å². The number of fused-ring (bicyclic) bond motifs is 1. The lowest BCUT2D eigenvalue weighted by atomic mass is 10.3. The summed E-state index contributed by atoms with van der Waals surface area (Å²) in [4.78, 5) is 4.18. The SMILES string of the molecule is Brc1scc2ncccc12. The quantitative estimate of drug-likeness (QED) is 0.656. The van der Waals surface area contributed by atoms with Gasteiger partial charge in [0.1, 0.15) is 0 Å². The van der Waals surface area contributed by atoms with Crippen LogP contribution in [-0.4, -0.2) is 4.98 Å². The summed E-state index contributed by atoms with van der Waals surface area (Å²) in [5.74, 6) is 0. The van der Waals surface area contributed by atoms with Crippen LogP contribution in [0.25, 0.3) is 10.9 Å². The van der Waals surface area contributed by atoms with Crippen LogP contribution in [0.15, 0.2) is 27.5 Å². The molecular formula is C7H4BrNS. The first kappa shape index (κ1) is 6.31. The van der Waals surface area contributed by atoms with Crippen LogP contribution in [0.3, 0.4) is 0 Å². The molecule has 0 saturated carbocycles. The van der Waals surface area contributed by atoms with Crippen LogP contribution in [0, 0.1) is 0 Å². The van der Waals surface area contributed by atoms with Crippen LogP contribution in [0.1, 0.15) is 0 Å². The maximum absolute atomic E-state index is 4.18. The lowest BCUT2D eigenvalue weighted by molar-refractivity contribution is 1.43. The largest absolute Gasteiger partial charge is 0.255 e. The number of pyridine rings is 1. The maximum atomic E-state index is 4.18. The third-order valence-electron chi connectivity index (χ3n) is 1.32. The van der Waals surface area contributed by atoms with E-state index in [4.69, 9.17) is 0 Å². The van der Waals surface area contributed by atoms with Crippen molar-refractivity contribution in [1.29, 1.82) is 0 Å².